The van der Waals surface area contributed by atoms with E-state index in [4.69, 9.17) is 0 Å². The van der Waals surface area contributed by atoms with Crippen LogP contribution < -0.4 is 5.56 Å². The van der Waals surface area contributed by atoms with Crippen LogP contribution in [0.5, 0.6) is 0 Å². The summed E-state index contributed by atoms with van der Waals surface area (Å²) >= 11 is 0. The molecule has 2 rings (SSSR count). The highest BCUT2D eigenvalue weighted by molar-refractivity contribution is 5.79. The molecule has 0 radical (unpaired) electrons. The average molecular weight is 318 g/mol. The Hall–Kier alpha value is -2.17. The first-order chi connectivity index (χ1) is 11.0. The molecule has 4 nitrogen and oxygen atoms in total. The van der Waals surface area contributed by atoms with Crippen molar-refractivity contribution in [2.75, 3.05) is 13.1 Å². The summed E-state index contributed by atoms with van der Waals surface area (Å²) in [6, 6.07) is 6.03. The van der Waals surface area contributed by atoms with Gasteiger partial charge >= 0.3 is 0 Å². The maximum absolute atomic E-state index is 13.2. The molecule has 124 valence electrons. The first-order valence-corrected chi connectivity index (χ1v) is 8.14. The number of rotatable bonds is 7. The third-order valence-corrected chi connectivity index (χ3v) is 3.83. The number of nitrogens with one attached hydrogen (secondary N) is 1. The van der Waals surface area contributed by atoms with Crippen molar-refractivity contribution in [1.29, 1.82) is 0 Å². The molecule has 0 bridgehead atoms. The Kier molecular flexibility index (Phi) is 5.90. The van der Waals surface area contributed by atoms with Crippen LogP contribution in [0.2, 0.25) is 0 Å². The van der Waals surface area contributed by atoms with E-state index in [1.54, 1.807) is 12.1 Å². The highest BCUT2D eigenvalue weighted by Crippen LogP contribution is 2.13. The lowest BCUT2D eigenvalue weighted by Gasteiger charge is -2.21. The first kappa shape index (κ1) is 17.2. The van der Waals surface area contributed by atoms with E-state index in [2.05, 4.69) is 4.98 Å². The van der Waals surface area contributed by atoms with E-state index in [9.17, 15) is 14.0 Å². The molecule has 0 aliphatic carbocycles. The van der Waals surface area contributed by atoms with E-state index in [1.165, 1.54) is 12.1 Å². The highest BCUT2D eigenvalue weighted by Gasteiger charge is 2.13. The fourth-order valence-electron chi connectivity index (χ4n) is 2.70. The van der Waals surface area contributed by atoms with Crippen molar-refractivity contribution in [3.8, 4) is 0 Å². The van der Waals surface area contributed by atoms with Crippen LogP contribution in [0.15, 0.2) is 29.1 Å². The summed E-state index contributed by atoms with van der Waals surface area (Å²) < 4.78 is 13.2. The van der Waals surface area contributed by atoms with E-state index in [0.29, 0.717) is 23.9 Å². The number of carbonyl (C=O) groups excluding carboxylic acids is 1. The zero-order valence-electron chi connectivity index (χ0n) is 13.7. The van der Waals surface area contributed by atoms with Crippen molar-refractivity contribution in [2.45, 2.75) is 39.5 Å². The summed E-state index contributed by atoms with van der Waals surface area (Å²) in [5, 5.41) is 0.771. The second-order valence-corrected chi connectivity index (χ2v) is 5.74. The van der Waals surface area contributed by atoms with Crippen molar-refractivity contribution in [1.82, 2.24) is 9.88 Å². The quantitative estimate of drug-likeness (QED) is 0.852. The van der Waals surface area contributed by atoms with E-state index < -0.39 is 0 Å². The standard InChI is InChI=1S/C18H23FN2O2/c1-3-9-21(10-4-2)17(22)8-6-14-11-13-5-7-15(19)12-16(13)20-18(14)23/h5,7,11-12H,3-4,6,8-10H2,1-2H3,(H,20,23). The van der Waals surface area contributed by atoms with Gasteiger partial charge in [0.05, 0.1) is 5.52 Å². The van der Waals surface area contributed by atoms with Crippen molar-refractivity contribution < 1.29 is 9.18 Å². The second-order valence-electron chi connectivity index (χ2n) is 5.74. The normalized spacial score (nSPS) is 10.9. The summed E-state index contributed by atoms with van der Waals surface area (Å²) in [4.78, 5) is 28.9. The van der Waals surface area contributed by atoms with Crippen LogP contribution in [0, 0.1) is 5.82 Å². The molecule has 0 fully saturated rings. The van der Waals surface area contributed by atoms with E-state index >= 15 is 0 Å². The lowest BCUT2D eigenvalue weighted by Crippen LogP contribution is -2.33. The summed E-state index contributed by atoms with van der Waals surface area (Å²) in [5.74, 6) is -0.307. The SMILES string of the molecule is CCCN(CCC)C(=O)CCc1cc2ccc(F)cc2[nH]c1=O. The van der Waals surface area contributed by atoms with Gasteiger partial charge in [0, 0.05) is 25.1 Å². The fraction of sp³-hybridized carbons (Fsp3) is 0.444. The van der Waals surface area contributed by atoms with Gasteiger partial charge in [0.2, 0.25) is 5.91 Å². The molecule has 0 saturated heterocycles. The van der Waals surface area contributed by atoms with Crippen molar-refractivity contribution in [3.05, 3.63) is 46.0 Å². The average Bonchev–Trinajstić information content (AvgIpc) is 2.52. The molecular weight excluding hydrogens is 295 g/mol. The third kappa shape index (κ3) is 4.41. The van der Waals surface area contributed by atoms with Crippen molar-refractivity contribution in [2.24, 2.45) is 0 Å². The minimum atomic E-state index is -0.383. The van der Waals surface area contributed by atoms with Gasteiger partial charge in [-0.1, -0.05) is 13.8 Å². The van der Waals surface area contributed by atoms with Crippen LogP contribution in [0.25, 0.3) is 10.9 Å². The summed E-state index contributed by atoms with van der Waals surface area (Å²) in [5.41, 5.74) is 0.780. The molecule has 23 heavy (non-hydrogen) atoms. The number of hydrogen-bond acceptors (Lipinski definition) is 2. The summed E-state index contributed by atoms with van der Waals surface area (Å²) in [7, 11) is 0. The van der Waals surface area contributed by atoms with Gasteiger partial charge < -0.3 is 9.88 Å². The maximum Gasteiger partial charge on any atom is 0.251 e. The van der Waals surface area contributed by atoms with Crippen LogP contribution in [0.4, 0.5) is 4.39 Å². The number of fused-ring (bicyclic) bond motifs is 1. The molecule has 0 saturated carbocycles. The molecule has 1 N–H and O–H groups in total. The Bertz CT molecular complexity index is 733. The molecule has 2 aromatic rings. The van der Waals surface area contributed by atoms with E-state index in [-0.39, 0.29) is 17.3 Å². The maximum atomic E-state index is 13.2. The van der Waals surface area contributed by atoms with Crippen LogP contribution in [-0.2, 0) is 11.2 Å². The topological polar surface area (TPSA) is 53.2 Å². The molecule has 1 aromatic carbocycles. The fourth-order valence-corrected chi connectivity index (χ4v) is 2.70. The Morgan fingerprint density at radius 2 is 1.87 bits per heavy atom. The number of pyridine rings is 1. The Morgan fingerprint density at radius 1 is 1.17 bits per heavy atom. The second kappa shape index (κ2) is 7.90. The van der Waals surface area contributed by atoms with Gasteiger partial charge in [-0.3, -0.25) is 9.59 Å². The van der Waals surface area contributed by atoms with Crippen LogP contribution in [-0.4, -0.2) is 28.9 Å². The largest absolute Gasteiger partial charge is 0.343 e. The molecule has 1 aromatic heterocycles. The molecule has 0 atom stereocenters. The molecule has 0 aliphatic rings. The molecular formula is C18H23FN2O2. The van der Waals surface area contributed by atoms with Gasteiger partial charge in [-0.2, -0.15) is 0 Å². The molecule has 0 spiro atoms. The smallest absolute Gasteiger partial charge is 0.251 e. The third-order valence-electron chi connectivity index (χ3n) is 3.83. The van der Waals surface area contributed by atoms with E-state index in [1.807, 2.05) is 18.7 Å². The van der Waals surface area contributed by atoms with Gasteiger partial charge in [-0.15, -0.1) is 0 Å². The van der Waals surface area contributed by atoms with Crippen molar-refractivity contribution >= 4 is 16.8 Å². The number of aromatic nitrogens is 1. The summed E-state index contributed by atoms with van der Waals surface area (Å²) in [6.07, 6.45) is 2.56. The Morgan fingerprint density at radius 3 is 2.52 bits per heavy atom. The number of aromatic amines is 1. The monoisotopic (exact) mass is 318 g/mol. The summed E-state index contributed by atoms with van der Waals surface area (Å²) in [6.45, 7) is 5.59. The molecule has 0 unspecified atom stereocenters. The number of aryl methyl sites for hydroxylation is 1. The highest BCUT2D eigenvalue weighted by atomic mass is 19.1. The number of amides is 1. The lowest BCUT2D eigenvalue weighted by atomic mass is 10.1. The number of H-pyrrole nitrogens is 1. The lowest BCUT2D eigenvalue weighted by molar-refractivity contribution is -0.131. The minimum Gasteiger partial charge on any atom is -0.343 e. The molecule has 5 heteroatoms. The van der Waals surface area contributed by atoms with Crippen LogP contribution in [0.1, 0.15) is 38.7 Å². The van der Waals surface area contributed by atoms with Gasteiger partial charge in [-0.05, 0) is 48.9 Å². The van der Waals surface area contributed by atoms with Gasteiger partial charge in [0.1, 0.15) is 5.82 Å². The molecule has 0 aliphatic heterocycles. The molecule has 1 amide bonds. The predicted molar refractivity (Wildman–Crippen MR) is 90.0 cm³/mol. The van der Waals surface area contributed by atoms with Gasteiger partial charge in [-0.25, -0.2) is 4.39 Å². The first-order valence-electron chi connectivity index (χ1n) is 8.14. The van der Waals surface area contributed by atoms with E-state index in [0.717, 1.165) is 31.3 Å². The number of benzene rings is 1. The van der Waals surface area contributed by atoms with Crippen LogP contribution >= 0.6 is 0 Å². The minimum absolute atomic E-state index is 0.0762. The van der Waals surface area contributed by atoms with Gasteiger partial charge in [0.15, 0.2) is 0 Å². The van der Waals surface area contributed by atoms with Crippen molar-refractivity contribution in [3.63, 3.8) is 0 Å². The zero-order chi connectivity index (χ0) is 16.8. The zero-order valence-corrected chi connectivity index (χ0v) is 13.7. The Labute approximate surface area is 135 Å². The predicted octanol–water partition coefficient (Wildman–Crippen LogP) is 3.25. The number of hydrogen-bond donors (Lipinski definition) is 1. The number of halogens is 1. The Balaban J connectivity index is 2.12. The van der Waals surface area contributed by atoms with Gasteiger partial charge in [0.25, 0.3) is 5.56 Å². The number of carbonyl (C=O) groups is 1. The number of nitrogens with zero attached hydrogens (tertiary/aromatic N) is 1. The molecule has 1 heterocycles. The van der Waals surface area contributed by atoms with Crippen LogP contribution in [0.3, 0.4) is 0 Å².